The number of ether oxygens (including phenoxy) is 4. The second-order valence-electron chi connectivity index (χ2n) is 7.09. The van der Waals surface area contributed by atoms with Gasteiger partial charge in [-0.2, -0.15) is 0 Å². The Labute approximate surface area is 179 Å². The molecule has 2 heterocycles. The van der Waals surface area contributed by atoms with Crippen molar-refractivity contribution in [2.45, 2.75) is 6.04 Å². The SMILES string of the molecule is COCCN1C(=O)C(=O)/C(=C(\O)c2ccccc2OC)C1c1ccc2c(c1)OCCO2. The van der Waals surface area contributed by atoms with Gasteiger partial charge in [0.25, 0.3) is 11.7 Å². The summed E-state index contributed by atoms with van der Waals surface area (Å²) in [5.41, 5.74) is 0.940. The van der Waals surface area contributed by atoms with Crippen LogP contribution in [0.1, 0.15) is 17.2 Å². The van der Waals surface area contributed by atoms with Crippen LogP contribution in [-0.4, -0.2) is 62.3 Å². The second-order valence-corrected chi connectivity index (χ2v) is 7.09. The average molecular weight is 425 g/mol. The summed E-state index contributed by atoms with van der Waals surface area (Å²) in [5, 5.41) is 11.1. The lowest BCUT2D eigenvalue weighted by molar-refractivity contribution is -0.140. The van der Waals surface area contributed by atoms with Crippen molar-refractivity contribution in [2.24, 2.45) is 0 Å². The molecule has 8 heteroatoms. The van der Waals surface area contributed by atoms with E-state index in [1.54, 1.807) is 42.5 Å². The largest absolute Gasteiger partial charge is 0.507 e. The molecule has 0 aliphatic carbocycles. The van der Waals surface area contributed by atoms with Crippen molar-refractivity contribution in [2.75, 3.05) is 40.6 Å². The Bertz CT molecular complexity index is 1050. The maximum atomic E-state index is 13.0. The number of carbonyl (C=O) groups is 2. The molecule has 1 N–H and O–H groups in total. The van der Waals surface area contributed by atoms with E-state index in [4.69, 9.17) is 18.9 Å². The Hall–Kier alpha value is -3.52. The van der Waals surface area contributed by atoms with E-state index in [0.29, 0.717) is 41.6 Å². The number of hydrogen-bond donors (Lipinski definition) is 1. The minimum atomic E-state index is -0.809. The summed E-state index contributed by atoms with van der Waals surface area (Å²) in [7, 11) is 2.99. The van der Waals surface area contributed by atoms with E-state index < -0.39 is 17.7 Å². The van der Waals surface area contributed by atoms with Crippen molar-refractivity contribution in [1.82, 2.24) is 4.90 Å². The number of aliphatic hydroxyl groups is 1. The van der Waals surface area contributed by atoms with E-state index >= 15 is 0 Å². The van der Waals surface area contributed by atoms with Gasteiger partial charge in [-0.3, -0.25) is 9.59 Å². The molecule has 8 nitrogen and oxygen atoms in total. The molecule has 0 spiro atoms. The molecular formula is C23H23NO7. The van der Waals surface area contributed by atoms with Crippen LogP contribution in [0.4, 0.5) is 0 Å². The van der Waals surface area contributed by atoms with E-state index in [2.05, 4.69) is 0 Å². The third-order valence-electron chi connectivity index (χ3n) is 5.32. The number of ketones is 1. The van der Waals surface area contributed by atoms with E-state index in [1.807, 2.05) is 0 Å². The second kappa shape index (κ2) is 8.69. The highest BCUT2D eigenvalue weighted by atomic mass is 16.6. The van der Waals surface area contributed by atoms with Gasteiger partial charge in [0.1, 0.15) is 24.7 Å². The first-order valence-electron chi connectivity index (χ1n) is 9.87. The molecule has 1 saturated heterocycles. The van der Waals surface area contributed by atoms with Crippen molar-refractivity contribution in [3.05, 3.63) is 59.2 Å². The van der Waals surface area contributed by atoms with Crippen LogP contribution in [0.25, 0.3) is 5.76 Å². The average Bonchev–Trinajstić information content (AvgIpc) is 3.06. The molecule has 162 valence electrons. The van der Waals surface area contributed by atoms with Crippen LogP contribution in [0.5, 0.6) is 17.2 Å². The van der Waals surface area contributed by atoms with Crippen LogP contribution in [0.2, 0.25) is 0 Å². The molecule has 1 atom stereocenters. The van der Waals surface area contributed by atoms with Gasteiger partial charge in [0, 0.05) is 13.7 Å². The number of amides is 1. The highest BCUT2D eigenvalue weighted by Gasteiger charge is 2.46. The van der Waals surface area contributed by atoms with Crippen LogP contribution in [0, 0.1) is 0 Å². The third-order valence-corrected chi connectivity index (χ3v) is 5.32. The van der Waals surface area contributed by atoms with Crippen LogP contribution >= 0.6 is 0 Å². The maximum Gasteiger partial charge on any atom is 0.295 e. The van der Waals surface area contributed by atoms with Gasteiger partial charge >= 0.3 is 0 Å². The Morgan fingerprint density at radius 2 is 1.84 bits per heavy atom. The summed E-state index contributed by atoms with van der Waals surface area (Å²) in [5.74, 6) is -0.251. The van der Waals surface area contributed by atoms with Crippen LogP contribution in [0.3, 0.4) is 0 Å². The van der Waals surface area contributed by atoms with Crippen LogP contribution in [0.15, 0.2) is 48.0 Å². The molecular weight excluding hydrogens is 402 g/mol. The smallest absolute Gasteiger partial charge is 0.295 e. The highest BCUT2D eigenvalue weighted by molar-refractivity contribution is 6.46. The molecule has 0 bridgehead atoms. The molecule has 1 fully saturated rings. The molecule has 0 aromatic heterocycles. The molecule has 2 aliphatic heterocycles. The van der Waals surface area contributed by atoms with Gasteiger partial charge < -0.3 is 29.0 Å². The van der Waals surface area contributed by atoms with E-state index in [9.17, 15) is 14.7 Å². The number of nitrogens with zero attached hydrogens (tertiary/aromatic N) is 1. The molecule has 2 aromatic rings. The minimum absolute atomic E-state index is 0.0118. The number of methoxy groups -OCH3 is 2. The van der Waals surface area contributed by atoms with Crippen molar-refractivity contribution in [3.8, 4) is 17.2 Å². The summed E-state index contributed by atoms with van der Waals surface area (Å²) in [4.78, 5) is 27.3. The predicted molar refractivity (Wildman–Crippen MR) is 111 cm³/mol. The summed E-state index contributed by atoms with van der Waals surface area (Å²) in [6, 6.07) is 11.2. The molecule has 2 aliphatic rings. The van der Waals surface area contributed by atoms with Gasteiger partial charge in [-0.1, -0.05) is 18.2 Å². The van der Waals surface area contributed by atoms with Crippen molar-refractivity contribution < 1.29 is 33.6 Å². The van der Waals surface area contributed by atoms with Crippen molar-refractivity contribution in [1.29, 1.82) is 0 Å². The number of fused-ring (bicyclic) bond motifs is 1. The number of Topliss-reactive ketones (excluding diaryl/α,β-unsaturated/α-hetero) is 1. The molecule has 31 heavy (non-hydrogen) atoms. The standard InChI is InChI=1S/C23H23NO7/c1-28-10-9-24-20(14-7-8-17-18(13-14)31-12-11-30-17)19(22(26)23(24)27)21(25)15-5-3-4-6-16(15)29-2/h3-8,13,20,25H,9-12H2,1-2H3/b21-19-. The molecule has 2 aromatic carbocycles. The Balaban J connectivity index is 1.87. The molecule has 1 unspecified atom stereocenters. The molecule has 1 amide bonds. The first-order valence-corrected chi connectivity index (χ1v) is 9.87. The van der Waals surface area contributed by atoms with Crippen LogP contribution in [-0.2, 0) is 14.3 Å². The van der Waals surface area contributed by atoms with Crippen molar-refractivity contribution >= 4 is 17.4 Å². The number of likely N-dealkylation sites (tertiary alicyclic amines) is 1. The Kier molecular flexibility index (Phi) is 5.81. The number of aliphatic hydroxyl groups excluding tert-OH is 1. The number of carbonyl (C=O) groups excluding carboxylic acids is 2. The lowest BCUT2D eigenvalue weighted by atomic mass is 9.94. The molecule has 0 radical (unpaired) electrons. The first-order chi connectivity index (χ1) is 15.1. The van der Waals surface area contributed by atoms with Crippen molar-refractivity contribution in [3.63, 3.8) is 0 Å². The summed E-state index contributed by atoms with van der Waals surface area (Å²) < 4.78 is 21.7. The molecule has 4 rings (SSSR count). The molecule has 0 saturated carbocycles. The Morgan fingerprint density at radius 3 is 2.58 bits per heavy atom. The number of para-hydroxylation sites is 1. The van der Waals surface area contributed by atoms with Gasteiger partial charge in [-0.05, 0) is 29.8 Å². The topological polar surface area (TPSA) is 94.5 Å². The first kappa shape index (κ1) is 20.7. The summed E-state index contributed by atoms with van der Waals surface area (Å²) >= 11 is 0. The third kappa shape index (κ3) is 3.70. The van der Waals surface area contributed by atoms with E-state index in [1.165, 1.54) is 19.1 Å². The fourth-order valence-corrected chi connectivity index (χ4v) is 3.86. The van der Waals surface area contributed by atoms with Gasteiger partial charge in [0.05, 0.1) is 30.9 Å². The van der Waals surface area contributed by atoms with Gasteiger partial charge in [-0.15, -0.1) is 0 Å². The Morgan fingerprint density at radius 1 is 1.10 bits per heavy atom. The highest BCUT2D eigenvalue weighted by Crippen LogP contribution is 2.43. The minimum Gasteiger partial charge on any atom is -0.507 e. The van der Waals surface area contributed by atoms with E-state index in [0.717, 1.165) is 0 Å². The fraction of sp³-hybridized carbons (Fsp3) is 0.304. The van der Waals surface area contributed by atoms with Gasteiger partial charge in [-0.25, -0.2) is 0 Å². The summed E-state index contributed by atoms with van der Waals surface area (Å²) in [6.07, 6.45) is 0. The number of benzene rings is 2. The lowest BCUT2D eigenvalue weighted by Gasteiger charge is -2.26. The zero-order valence-corrected chi connectivity index (χ0v) is 17.3. The maximum absolute atomic E-state index is 13.0. The zero-order chi connectivity index (χ0) is 22.0. The number of rotatable bonds is 6. The fourth-order valence-electron chi connectivity index (χ4n) is 3.86. The van der Waals surface area contributed by atoms with Crippen LogP contribution < -0.4 is 14.2 Å². The van der Waals surface area contributed by atoms with E-state index in [-0.39, 0.29) is 24.5 Å². The number of hydrogen-bond acceptors (Lipinski definition) is 7. The summed E-state index contributed by atoms with van der Waals surface area (Å²) in [6.45, 7) is 1.28. The lowest BCUT2D eigenvalue weighted by Crippen LogP contribution is -2.32. The predicted octanol–water partition coefficient (Wildman–Crippen LogP) is 2.53. The van der Waals surface area contributed by atoms with Gasteiger partial charge in [0.2, 0.25) is 0 Å². The zero-order valence-electron chi connectivity index (χ0n) is 17.3. The quantitative estimate of drug-likeness (QED) is 0.432. The normalized spacial score (nSPS) is 19.5. The monoisotopic (exact) mass is 425 g/mol. The van der Waals surface area contributed by atoms with Gasteiger partial charge in [0.15, 0.2) is 11.5 Å².